The molecule has 0 aromatic carbocycles. The first-order chi connectivity index (χ1) is 6.27. The Balaban J connectivity index is 0.000000980. The Bertz CT molecular complexity index is 355. The average molecular weight is 212 g/mol. The minimum Gasteiger partial charge on any atom is -0.481 e. The van der Waals surface area contributed by atoms with Crippen LogP contribution in [0, 0.1) is 5.92 Å². The summed E-state index contributed by atoms with van der Waals surface area (Å²) in [6, 6.07) is 0. The lowest BCUT2D eigenvalue weighted by Gasteiger charge is -2.24. The van der Waals surface area contributed by atoms with Crippen molar-refractivity contribution in [3.05, 3.63) is 48.5 Å². The predicted molar refractivity (Wildman–Crippen MR) is 55.7 cm³/mol. The maximum Gasteiger partial charge on any atom is 0.314 e. The molecule has 0 bridgehead atoms. The number of carboxylic acid groups (broad SMARTS) is 1. The van der Waals surface area contributed by atoms with Gasteiger partial charge in [0.1, 0.15) is 0 Å². The molecule has 1 unspecified atom stereocenters. The second-order valence-electron chi connectivity index (χ2n) is 2.90. The van der Waals surface area contributed by atoms with E-state index >= 15 is 0 Å². The molecule has 2 rings (SSSR count). The molecule has 0 amide bonds. The largest absolute Gasteiger partial charge is 0.481 e. The van der Waals surface area contributed by atoms with E-state index in [9.17, 15) is 4.79 Å². The van der Waals surface area contributed by atoms with Gasteiger partial charge in [-0.1, -0.05) is 6.08 Å². The monoisotopic (exact) mass is 211 g/mol. The van der Waals surface area contributed by atoms with E-state index in [-0.39, 0.29) is 12.4 Å². The van der Waals surface area contributed by atoms with Crippen LogP contribution in [-0.2, 0) is 4.79 Å². The standard InChI is InChI=1S/C10H9NO2.ClH/c12-10(13)8-4-6-11-5-2-1-3-9(11)7-8;/h1-8H,(H,12,13);1H. The maximum absolute atomic E-state index is 10.7. The number of carbonyl (C=O) groups is 1. The van der Waals surface area contributed by atoms with Gasteiger partial charge in [-0.25, -0.2) is 0 Å². The van der Waals surface area contributed by atoms with Crippen LogP contribution in [-0.4, -0.2) is 16.0 Å². The molecule has 0 aliphatic carbocycles. The number of hydrogen-bond donors (Lipinski definition) is 1. The van der Waals surface area contributed by atoms with Gasteiger partial charge in [-0.15, -0.1) is 12.4 Å². The normalized spacial score (nSPS) is 22.4. The van der Waals surface area contributed by atoms with Crippen molar-refractivity contribution in [2.75, 3.05) is 0 Å². The predicted octanol–water partition coefficient (Wildman–Crippen LogP) is 1.91. The minimum atomic E-state index is -0.814. The van der Waals surface area contributed by atoms with Crippen LogP contribution in [0.15, 0.2) is 48.5 Å². The van der Waals surface area contributed by atoms with Gasteiger partial charge in [0.25, 0.3) is 0 Å². The van der Waals surface area contributed by atoms with Crippen LogP contribution in [0.4, 0.5) is 0 Å². The van der Waals surface area contributed by atoms with Gasteiger partial charge in [-0.05, 0) is 24.3 Å². The fourth-order valence-electron chi connectivity index (χ4n) is 1.32. The van der Waals surface area contributed by atoms with Gasteiger partial charge in [0, 0.05) is 18.1 Å². The molecule has 74 valence electrons. The number of halogens is 1. The first-order valence-corrected chi connectivity index (χ1v) is 4.03. The summed E-state index contributed by atoms with van der Waals surface area (Å²) in [5, 5.41) is 8.77. The smallest absolute Gasteiger partial charge is 0.314 e. The van der Waals surface area contributed by atoms with E-state index < -0.39 is 11.9 Å². The fourth-order valence-corrected chi connectivity index (χ4v) is 1.32. The molecule has 4 heteroatoms. The van der Waals surface area contributed by atoms with Crippen LogP contribution in [0.25, 0.3) is 0 Å². The highest BCUT2D eigenvalue weighted by atomic mass is 35.5. The number of nitrogens with zero attached hydrogens (tertiary/aromatic N) is 1. The zero-order valence-electron chi connectivity index (χ0n) is 7.33. The number of carboxylic acids is 1. The van der Waals surface area contributed by atoms with Gasteiger partial charge < -0.3 is 10.0 Å². The summed E-state index contributed by atoms with van der Waals surface area (Å²) in [6.45, 7) is 0. The molecule has 1 atom stereocenters. The number of rotatable bonds is 1. The van der Waals surface area contributed by atoms with E-state index in [0.717, 1.165) is 5.70 Å². The molecule has 0 saturated heterocycles. The highest BCUT2D eigenvalue weighted by Crippen LogP contribution is 2.21. The molecule has 3 nitrogen and oxygen atoms in total. The van der Waals surface area contributed by atoms with Crippen molar-refractivity contribution in [3.8, 4) is 0 Å². The van der Waals surface area contributed by atoms with Crippen molar-refractivity contribution in [1.82, 2.24) is 4.90 Å². The number of hydrogen-bond acceptors (Lipinski definition) is 2. The topological polar surface area (TPSA) is 40.5 Å². The van der Waals surface area contributed by atoms with Gasteiger partial charge in [-0.3, -0.25) is 4.79 Å². The third kappa shape index (κ3) is 1.88. The van der Waals surface area contributed by atoms with E-state index in [4.69, 9.17) is 5.11 Å². The molecular formula is C10H10ClNO2. The van der Waals surface area contributed by atoms with Gasteiger partial charge in [0.05, 0.1) is 5.92 Å². The molecule has 2 aliphatic rings. The summed E-state index contributed by atoms with van der Waals surface area (Å²) in [6.07, 6.45) is 12.7. The third-order valence-corrected chi connectivity index (χ3v) is 2.01. The zero-order chi connectivity index (χ0) is 9.26. The van der Waals surface area contributed by atoms with Crippen molar-refractivity contribution in [2.24, 2.45) is 5.92 Å². The molecule has 2 aliphatic heterocycles. The van der Waals surface area contributed by atoms with Crippen molar-refractivity contribution >= 4 is 18.4 Å². The van der Waals surface area contributed by atoms with E-state index in [1.807, 2.05) is 29.3 Å². The Labute approximate surface area is 88.1 Å². The van der Waals surface area contributed by atoms with Crippen LogP contribution < -0.4 is 0 Å². The molecule has 2 heterocycles. The van der Waals surface area contributed by atoms with Crippen molar-refractivity contribution in [3.63, 3.8) is 0 Å². The number of fused-ring (bicyclic) bond motifs is 1. The van der Waals surface area contributed by atoms with E-state index in [1.165, 1.54) is 0 Å². The van der Waals surface area contributed by atoms with Gasteiger partial charge in [0.15, 0.2) is 0 Å². The fraction of sp³-hybridized carbons (Fsp3) is 0.100. The molecular weight excluding hydrogens is 202 g/mol. The minimum absolute atomic E-state index is 0. The van der Waals surface area contributed by atoms with E-state index in [0.29, 0.717) is 0 Å². The van der Waals surface area contributed by atoms with E-state index in [2.05, 4.69) is 0 Å². The van der Waals surface area contributed by atoms with Crippen molar-refractivity contribution in [2.45, 2.75) is 0 Å². The second kappa shape index (κ2) is 4.15. The Morgan fingerprint density at radius 1 is 1.36 bits per heavy atom. The molecule has 0 aromatic heterocycles. The summed E-state index contributed by atoms with van der Waals surface area (Å²) >= 11 is 0. The summed E-state index contributed by atoms with van der Waals surface area (Å²) in [4.78, 5) is 12.6. The molecule has 0 aromatic rings. The highest BCUT2D eigenvalue weighted by Gasteiger charge is 2.17. The second-order valence-corrected chi connectivity index (χ2v) is 2.90. The Kier molecular flexibility index (Phi) is 3.14. The van der Waals surface area contributed by atoms with Crippen LogP contribution in [0.3, 0.4) is 0 Å². The first kappa shape index (κ1) is 10.6. The van der Waals surface area contributed by atoms with E-state index in [1.54, 1.807) is 18.4 Å². The highest BCUT2D eigenvalue weighted by molar-refractivity contribution is 5.85. The van der Waals surface area contributed by atoms with Crippen LogP contribution in [0.2, 0.25) is 0 Å². The van der Waals surface area contributed by atoms with Crippen LogP contribution >= 0.6 is 12.4 Å². The molecule has 1 N–H and O–H groups in total. The molecule has 0 fully saturated rings. The molecule has 0 spiro atoms. The maximum atomic E-state index is 10.7. The van der Waals surface area contributed by atoms with Gasteiger partial charge >= 0.3 is 5.97 Å². The third-order valence-electron chi connectivity index (χ3n) is 2.01. The lowest BCUT2D eigenvalue weighted by Crippen LogP contribution is -2.19. The van der Waals surface area contributed by atoms with Crippen LogP contribution in [0.5, 0.6) is 0 Å². The summed E-state index contributed by atoms with van der Waals surface area (Å²) in [7, 11) is 0. The number of allylic oxidation sites excluding steroid dienone is 3. The van der Waals surface area contributed by atoms with Gasteiger partial charge in [0.2, 0.25) is 0 Å². The lowest BCUT2D eigenvalue weighted by atomic mass is 10.0. The quantitative estimate of drug-likeness (QED) is 0.720. The first-order valence-electron chi connectivity index (χ1n) is 4.03. The zero-order valence-corrected chi connectivity index (χ0v) is 8.15. The summed E-state index contributed by atoms with van der Waals surface area (Å²) in [5.41, 5.74) is 0.914. The summed E-state index contributed by atoms with van der Waals surface area (Å²) in [5.74, 6) is -1.31. The lowest BCUT2D eigenvalue weighted by molar-refractivity contribution is -0.138. The SMILES string of the molecule is Cl.O=C(O)C1C=CN2C=CC=CC2=C1. The summed E-state index contributed by atoms with van der Waals surface area (Å²) < 4.78 is 0. The molecule has 0 saturated carbocycles. The Morgan fingerprint density at radius 2 is 2.14 bits per heavy atom. The van der Waals surface area contributed by atoms with Crippen LogP contribution in [0.1, 0.15) is 0 Å². The molecule has 0 radical (unpaired) electrons. The van der Waals surface area contributed by atoms with Gasteiger partial charge in [-0.2, -0.15) is 0 Å². The molecule has 14 heavy (non-hydrogen) atoms. The Hall–Kier alpha value is -1.48. The van der Waals surface area contributed by atoms with Crippen molar-refractivity contribution < 1.29 is 9.90 Å². The average Bonchev–Trinajstić information content (AvgIpc) is 2.17. The number of aliphatic carboxylic acids is 1. The Morgan fingerprint density at radius 3 is 2.86 bits per heavy atom. The van der Waals surface area contributed by atoms with Crippen molar-refractivity contribution in [1.29, 1.82) is 0 Å².